The molecule has 1 aliphatic heterocycles. The molecule has 2 nitrogen and oxygen atoms in total. The Kier molecular flexibility index (Phi) is 4.46. The lowest BCUT2D eigenvalue weighted by Crippen LogP contribution is -2.31. The van der Waals surface area contributed by atoms with E-state index in [1.54, 1.807) is 0 Å². The maximum Gasteiger partial charge on any atom is 0.457 e. The summed E-state index contributed by atoms with van der Waals surface area (Å²) in [5.41, 5.74) is 0. The summed E-state index contributed by atoms with van der Waals surface area (Å²) in [5, 5.41) is 0. The molecule has 0 bridgehead atoms. The van der Waals surface area contributed by atoms with E-state index in [1.165, 1.54) is 0 Å². The molecule has 3 heteroatoms. The van der Waals surface area contributed by atoms with E-state index in [4.69, 9.17) is 9.31 Å². The number of hydrogen-bond donors (Lipinski definition) is 0. The van der Waals surface area contributed by atoms with E-state index in [0.29, 0.717) is 11.8 Å². The lowest BCUT2D eigenvalue weighted by atomic mass is 9.84. The van der Waals surface area contributed by atoms with Gasteiger partial charge in [-0.3, -0.25) is 0 Å². The van der Waals surface area contributed by atoms with Gasteiger partial charge in [-0.05, 0) is 18.2 Å². The highest BCUT2D eigenvalue weighted by Crippen LogP contribution is 2.29. The summed E-state index contributed by atoms with van der Waals surface area (Å²) in [6.45, 7) is 11.0. The summed E-state index contributed by atoms with van der Waals surface area (Å²) in [6, 6.07) is 0. The maximum atomic E-state index is 5.91. The first kappa shape index (κ1) is 12.1. The third-order valence-electron chi connectivity index (χ3n) is 2.78. The van der Waals surface area contributed by atoms with Crippen molar-refractivity contribution < 1.29 is 9.31 Å². The minimum absolute atomic E-state index is 0.0415. The Morgan fingerprint density at radius 1 is 1.00 bits per heavy atom. The van der Waals surface area contributed by atoms with Crippen molar-refractivity contribution >= 4 is 7.12 Å². The first-order chi connectivity index (χ1) is 6.56. The number of hydrogen-bond acceptors (Lipinski definition) is 2. The molecule has 0 amide bonds. The van der Waals surface area contributed by atoms with Crippen molar-refractivity contribution in [3.05, 3.63) is 0 Å². The van der Waals surface area contributed by atoms with Gasteiger partial charge in [-0.15, -0.1) is 0 Å². The molecule has 1 rings (SSSR count). The minimum Gasteiger partial charge on any atom is -0.405 e. The van der Waals surface area contributed by atoms with Crippen LogP contribution >= 0.6 is 0 Å². The van der Waals surface area contributed by atoms with Crippen molar-refractivity contribution in [2.24, 2.45) is 11.8 Å². The van der Waals surface area contributed by atoms with Crippen LogP contribution in [-0.2, 0) is 9.31 Å². The van der Waals surface area contributed by atoms with Crippen molar-refractivity contribution in [1.29, 1.82) is 0 Å². The molecule has 14 heavy (non-hydrogen) atoms. The van der Waals surface area contributed by atoms with Crippen molar-refractivity contribution in [3.63, 3.8) is 0 Å². The highest BCUT2D eigenvalue weighted by Gasteiger charge is 2.41. The Morgan fingerprint density at radius 3 is 1.71 bits per heavy atom. The van der Waals surface area contributed by atoms with Gasteiger partial charge in [-0.2, -0.15) is 0 Å². The molecule has 82 valence electrons. The SMILES string of the molecule is CCCB1O[C@H](C(C)C)[C@@H](C(C)C)O1. The van der Waals surface area contributed by atoms with E-state index in [2.05, 4.69) is 34.6 Å². The highest BCUT2D eigenvalue weighted by molar-refractivity contribution is 6.45. The summed E-state index contributed by atoms with van der Waals surface area (Å²) in [5.74, 6) is 1.09. The van der Waals surface area contributed by atoms with Crippen LogP contribution in [-0.4, -0.2) is 19.3 Å². The standard InChI is InChI=1S/C11H23BO2/c1-6-7-12-13-10(8(2)3)11(14-12)9(4)5/h8-11H,6-7H2,1-5H3/t10-,11-/m1/s1. The smallest absolute Gasteiger partial charge is 0.405 e. The molecule has 0 spiro atoms. The van der Waals surface area contributed by atoms with Gasteiger partial charge in [0, 0.05) is 0 Å². The monoisotopic (exact) mass is 198 g/mol. The van der Waals surface area contributed by atoms with Crippen LogP contribution in [0.4, 0.5) is 0 Å². The maximum absolute atomic E-state index is 5.91. The molecule has 0 aromatic rings. The lowest BCUT2D eigenvalue weighted by Gasteiger charge is -2.24. The molecule has 0 N–H and O–H groups in total. The Hall–Kier alpha value is -0.0151. The molecule has 1 heterocycles. The summed E-state index contributed by atoms with van der Waals surface area (Å²) in [6.07, 6.45) is 2.71. The molecule has 2 atom stereocenters. The summed E-state index contributed by atoms with van der Waals surface area (Å²) >= 11 is 0. The predicted octanol–water partition coefficient (Wildman–Crippen LogP) is 2.98. The Bertz CT molecular complexity index is 155. The Morgan fingerprint density at radius 2 is 1.43 bits per heavy atom. The van der Waals surface area contributed by atoms with Gasteiger partial charge in [0.25, 0.3) is 0 Å². The fourth-order valence-electron chi connectivity index (χ4n) is 1.98. The molecular formula is C11H23BO2. The van der Waals surface area contributed by atoms with Gasteiger partial charge in [0.05, 0.1) is 12.2 Å². The summed E-state index contributed by atoms with van der Waals surface area (Å²) in [7, 11) is 0.0415. The van der Waals surface area contributed by atoms with E-state index >= 15 is 0 Å². The van der Waals surface area contributed by atoms with Crippen LogP contribution in [0.15, 0.2) is 0 Å². The van der Waals surface area contributed by atoms with Gasteiger partial charge >= 0.3 is 7.12 Å². The molecule has 1 saturated heterocycles. The quantitative estimate of drug-likeness (QED) is 0.646. The van der Waals surface area contributed by atoms with Gasteiger partial charge in [0.1, 0.15) is 0 Å². The average molecular weight is 198 g/mol. The Labute approximate surface area is 88.5 Å². The molecule has 0 aromatic heterocycles. The van der Waals surface area contributed by atoms with Gasteiger partial charge in [-0.25, -0.2) is 0 Å². The second kappa shape index (κ2) is 5.17. The number of rotatable bonds is 4. The third-order valence-corrected chi connectivity index (χ3v) is 2.78. The fourth-order valence-corrected chi connectivity index (χ4v) is 1.98. The minimum atomic E-state index is 0.0415. The van der Waals surface area contributed by atoms with Crippen LogP contribution in [0.25, 0.3) is 0 Å². The second-order valence-electron chi connectivity index (χ2n) is 4.91. The largest absolute Gasteiger partial charge is 0.457 e. The van der Waals surface area contributed by atoms with Crippen molar-refractivity contribution in [3.8, 4) is 0 Å². The molecule has 0 saturated carbocycles. The first-order valence-corrected chi connectivity index (χ1v) is 5.87. The molecular weight excluding hydrogens is 175 g/mol. The highest BCUT2D eigenvalue weighted by atomic mass is 16.7. The first-order valence-electron chi connectivity index (χ1n) is 5.87. The van der Waals surface area contributed by atoms with Gasteiger partial charge < -0.3 is 9.31 Å². The molecule has 0 unspecified atom stereocenters. The van der Waals surface area contributed by atoms with Gasteiger partial charge in [0.15, 0.2) is 0 Å². The van der Waals surface area contributed by atoms with Crippen molar-refractivity contribution in [2.45, 2.75) is 59.6 Å². The van der Waals surface area contributed by atoms with Crippen LogP contribution in [0.3, 0.4) is 0 Å². The van der Waals surface area contributed by atoms with Crippen molar-refractivity contribution in [2.75, 3.05) is 0 Å². The van der Waals surface area contributed by atoms with E-state index in [1.807, 2.05) is 0 Å². The van der Waals surface area contributed by atoms with E-state index < -0.39 is 0 Å². The average Bonchev–Trinajstić information content (AvgIpc) is 2.49. The predicted molar refractivity (Wildman–Crippen MR) is 60.3 cm³/mol. The molecule has 0 aromatic carbocycles. The molecule has 1 aliphatic rings. The fraction of sp³-hybridized carbons (Fsp3) is 1.00. The molecule has 0 aliphatic carbocycles. The zero-order valence-electron chi connectivity index (χ0n) is 10.1. The van der Waals surface area contributed by atoms with Gasteiger partial charge in [-0.1, -0.05) is 41.0 Å². The van der Waals surface area contributed by atoms with Gasteiger partial charge in [0.2, 0.25) is 0 Å². The molecule has 0 radical (unpaired) electrons. The molecule has 1 fully saturated rings. The van der Waals surface area contributed by atoms with E-state index in [9.17, 15) is 0 Å². The topological polar surface area (TPSA) is 18.5 Å². The van der Waals surface area contributed by atoms with Crippen LogP contribution in [0.1, 0.15) is 41.0 Å². The normalized spacial score (nSPS) is 28.1. The summed E-state index contributed by atoms with van der Waals surface area (Å²) in [4.78, 5) is 0. The van der Waals surface area contributed by atoms with E-state index in [-0.39, 0.29) is 19.3 Å². The Balaban J connectivity index is 2.56. The zero-order chi connectivity index (χ0) is 10.7. The van der Waals surface area contributed by atoms with Crippen LogP contribution < -0.4 is 0 Å². The lowest BCUT2D eigenvalue weighted by molar-refractivity contribution is 0.0815. The van der Waals surface area contributed by atoms with Crippen molar-refractivity contribution in [1.82, 2.24) is 0 Å². The van der Waals surface area contributed by atoms with Crippen LogP contribution in [0.5, 0.6) is 0 Å². The van der Waals surface area contributed by atoms with Crippen LogP contribution in [0.2, 0.25) is 6.32 Å². The second-order valence-corrected chi connectivity index (χ2v) is 4.91. The summed E-state index contributed by atoms with van der Waals surface area (Å²) < 4.78 is 11.8. The zero-order valence-corrected chi connectivity index (χ0v) is 10.1. The van der Waals surface area contributed by atoms with E-state index in [0.717, 1.165) is 12.7 Å². The third kappa shape index (κ3) is 2.74. The van der Waals surface area contributed by atoms with Crippen LogP contribution in [0, 0.1) is 11.8 Å².